The molecule has 0 radical (unpaired) electrons. The van der Waals surface area contributed by atoms with Crippen LogP contribution in [-0.4, -0.2) is 24.1 Å². The summed E-state index contributed by atoms with van der Waals surface area (Å²) in [5.41, 5.74) is 2.85. The van der Waals surface area contributed by atoms with E-state index in [1.54, 1.807) is 35.8 Å². The summed E-state index contributed by atoms with van der Waals surface area (Å²) < 4.78 is 56.1. The lowest BCUT2D eigenvalue weighted by Crippen LogP contribution is -2.12. The zero-order valence-corrected chi connectivity index (χ0v) is 17.7. The largest absolute Gasteiger partial charge is 0.480 e. The first kappa shape index (κ1) is 21.5. The van der Waals surface area contributed by atoms with E-state index < -0.39 is 27.6 Å². The SMILES string of the molecule is Cc1c(-c2ccc(NS(=O)(=O)c3ccc(F)cc3)cc2)c2cc(F)ccc2n1CC(=O)O. The Kier molecular flexibility index (Phi) is 5.43. The van der Waals surface area contributed by atoms with Crippen LogP contribution in [0.5, 0.6) is 0 Å². The number of sulfonamides is 1. The van der Waals surface area contributed by atoms with Gasteiger partial charge in [-0.2, -0.15) is 0 Å². The number of halogens is 2. The first-order chi connectivity index (χ1) is 15.2. The highest BCUT2D eigenvalue weighted by atomic mass is 32.2. The van der Waals surface area contributed by atoms with Crippen molar-refractivity contribution in [3.8, 4) is 11.1 Å². The van der Waals surface area contributed by atoms with Gasteiger partial charge in [-0.15, -0.1) is 0 Å². The summed E-state index contributed by atoms with van der Waals surface area (Å²) in [4.78, 5) is 11.2. The first-order valence-electron chi connectivity index (χ1n) is 9.55. The van der Waals surface area contributed by atoms with Crippen LogP contribution >= 0.6 is 0 Å². The minimum absolute atomic E-state index is 0.0777. The predicted octanol–water partition coefficient (Wildman–Crippen LogP) is 4.78. The number of carboxylic acid groups (broad SMARTS) is 1. The van der Waals surface area contributed by atoms with Gasteiger partial charge in [-0.3, -0.25) is 9.52 Å². The summed E-state index contributed by atoms with van der Waals surface area (Å²) in [6.07, 6.45) is 0. The Bertz CT molecular complexity index is 1430. The predicted molar refractivity (Wildman–Crippen MR) is 117 cm³/mol. The van der Waals surface area contributed by atoms with Crippen LogP contribution in [0, 0.1) is 18.6 Å². The number of fused-ring (bicyclic) bond motifs is 1. The van der Waals surface area contributed by atoms with Gasteiger partial charge in [-0.05, 0) is 67.1 Å². The van der Waals surface area contributed by atoms with Crippen LogP contribution in [0.4, 0.5) is 14.5 Å². The second-order valence-corrected chi connectivity index (χ2v) is 8.92. The summed E-state index contributed by atoms with van der Waals surface area (Å²) in [6, 6.07) is 15.1. The molecule has 0 aliphatic heterocycles. The van der Waals surface area contributed by atoms with Crippen LogP contribution in [0.3, 0.4) is 0 Å². The minimum atomic E-state index is -3.90. The number of carboxylic acids is 1. The summed E-state index contributed by atoms with van der Waals surface area (Å²) in [7, 11) is -3.90. The van der Waals surface area contributed by atoms with Crippen molar-refractivity contribution >= 4 is 32.6 Å². The van der Waals surface area contributed by atoms with E-state index in [9.17, 15) is 27.1 Å². The highest BCUT2D eigenvalue weighted by Gasteiger charge is 2.19. The molecule has 4 aromatic rings. The molecule has 0 unspecified atom stereocenters. The van der Waals surface area contributed by atoms with Crippen molar-refractivity contribution in [2.75, 3.05) is 4.72 Å². The van der Waals surface area contributed by atoms with Gasteiger partial charge in [0, 0.05) is 27.8 Å². The number of benzene rings is 3. The lowest BCUT2D eigenvalue weighted by atomic mass is 10.0. The summed E-state index contributed by atoms with van der Waals surface area (Å²) in [6.45, 7) is 1.48. The van der Waals surface area contributed by atoms with Gasteiger partial charge >= 0.3 is 5.97 Å². The van der Waals surface area contributed by atoms with Gasteiger partial charge in [-0.25, -0.2) is 17.2 Å². The summed E-state index contributed by atoms with van der Waals surface area (Å²) >= 11 is 0. The molecule has 4 rings (SSSR count). The van der Waals surface area contributed by atoms with Crippen molar-refractivity contribution in [3.05, 3.63) is 84.1 Å². The molecule has 0 amide bonds. The van der Waals surface area contributed by atoms with Gasteiger partial charge in [0.15, 0.2) is 0 Å². The van der Waals surface area contributed by atoms with Crippen LogP contribution in [0.1, 0.15) is 5.69 Å². The Morgan fingerprint density at radius 2 is 1.59 bits per heavy atom. The second-order valence-electron chi connectivity index (χ2n) is 7.24. The molecular formula is C23H18F2N2O4S. The number of rotatable bonds is 6. The monoisotopic (exact) mass is 456 g/mol. The number of nitrogens with zero attached hydrogens (tertiary/aromatic N) is 1. The second kappa shape index (κ2) is 8.08. The van der Waals surface area contributed by atoms with E-state index in [-0.39, 0.29) is 17.1 Å². The average Bonchev–Trinajstić information content (AvgIpc) is 2.99. The Balaban J connectivity index is 1.72. The van der Waals surface area contributed by atoms with Gasteiger partial charge in [-0.1, -0.05) is 12.1 Å². The van der Waals surface area contributed by atoms with E-state index >= 15 is 0 Å². The molecule has 9 heteroatoms. The van der Waals surface area contributed by atoms with E-state index in [4.69, 9.17) is 0 Å². The smallest absolute Gasteiger partial charge is 0.323 e. The maximum Gasteiger partial charge on any atom is 0.323 e. The highest BCUT2D eigenvalue weighted by molar-refractivity contribution is 7.92. The molecule has 0 saturated carbocycles. The minimum Gasteiger partial charge on any atom is -0.480 e. The molecule has 0 saturated heterocycles. The molecule has 0 fully saturated rings. The standard InChI is InChI=1S/C23H18F2N2O4S/c1-14-23(20-12-17(25)6-11-21(20)27(14)13-22(28)29)15-2-7-18(8-3-15)26-32(30,31)19-9-4-16(24)5-10-19/h2-12,26H,13H2,1H3,(H,28,29). The fraction of sp³-hybridized carbons (Fsp3) is 0.0870. The number of hydrogen-bond donors (Lipinski definition) is 2. The normalized spacial score (nSPS) is 11.6. The molecule has 0 spiro atoms. The molecule has 1 heterocycles. The maximum absolute atomic E-state index is 13.9. The molecule has 164 valence electrons. The number of carbonyl (C=O) groups is 1. The molecule has 0 aliphatic rings. The average molecular weight is 456 g/mol. The molecule has 0 bridgehead atoms. The van der Waals surface area contributed by atoms with Crippen molar-refractivity contribution in [1.29, 1.82) is 0 Å². The summed E-state index contributed by atoms with van der Waals surface area (Å²) in [5, 5.41) is 9.82. The van der Waals surface area contributed by atoms with Crippen LogP contribution in [0.2, 0.25) is 0 Å². The number of aliphatic carboxylic acids is 1. The van der Waals surface area contributed by atoms with Crippen LogP contribution in [-0.2, 0) is 21.4 Å². The highest BCUT2D eigenvalue weighted by Crippen LogP contribution is 2.35. The van der Waals surface area contributed by atoms with Crippen molar-refractivity contribution in [2.24, 2.45) is 0 Å². The molecule has 32 heavy (non-hydrogen) atoms. The third-order valence-electron chi connectivity index (χ3n) is 5.13. The zero-order valence-electron chi connectivity index (χ0n) is 16.8. The molecule has 3 aromatic carbocycles. The number of hydrogen-bond acceptors (Lipinski definition) is 3. The number of aromatic nitrogens is 1. The van der Waals surface area contributed by atoms with Crippen molar-refractivity contribution < 1.29 is 27.1 Å². The van der Waals surface area contributed by atoms with E-state index in [0.717, 1.165) is 12.1 Å². The molecular weight excluding hydrogens is 438 g/mol. The Morgan fingerprint density at radius 3 is 2.22 bits per heavy atom. The van der Waals surface area contributed by atoms with Crippen LogP contribution in [0.15, 0.2) is 71.6 Å². The summed E-state index contributed by atoms with van der Waals surface area (Å²) in [5.74, 6) is -2.01. The van der Waals surface area contributed by atoms with E-state index in [1.165, 1.54) is 30.3 Å². The lowest BCUT2D eigenvalue weighted by molar-refractivity contribution is -0.137. The Labute approximate surface area is 182 Å². The van der Waals surface area contributed by atoms with E-state index in [2.05, 4.69) is 4.72 Å². The number of nitrogens with one attached hydrogen (secondary N) is 1. The van der Waals surface area contributed by atoms with Gasteiger partial charge in [0.1, 0.15) is 18.2 Å². The van der Waals surface area contributed by atoms with Gasteiger partial charge in [0.05, 0.1) is 4.90 Å². The Morgan fingerprint density at radius 1 is 0.969 bits per heavy atom. The molecule has 0 atom stereocenters. The Hall–Kier alpha value is -3.72. The topological polar surface area (TPSA) is 88.4 Å². The maximum atomic E-state index is 13.9. The first-order valence-corrected chi connectivity index (χ1v) is 11.0. The van der Waals surface area contributed by atoms with Crippen molar-refractivity contribution in [2.45, 2.75) is 18.4 Å². The van der Waals surface area contributed by atoms with Crippen molar-refractivity contribution in [1.82, 2.24) is 4.57 Å². The van der Waals surface area contributed by atoms with Gasteiger partial charge in [0.25, 0.3) is 10.0 Å². The van der Waals surface area contributed by atoms with Crippen LogP contribution < -0.4 is 4.72 Å². The molecule has 0 aliphatic carbocycles. The van der Waals surface area contributed by atoms with E-state index in [0.29, 0.717) is 27.7 Å². The fourth-order valence-corrected chi connectivity index (χ4v) is 4.75. The number of anilines is 1. The van der Waals surface area contributed by atoms with E-state index in [1.807, 2.05) is 0 Å². The van der Waals surface area contributed by atoms with Gasteiger partial charge < -0.3 is 9.67 Å². The zero-order chi connectivity index (χ0) is 23.0. The lowest BCUT2D eigenvalue weighted by Gasteiger charge is -2.10. The van der Waals surface area contributed by atoms with Gasteiger partial charge in [0.2, 0.25) is 0 Å². The third kappa shape index (κ3) is 4.06. The van der Waals surface area contributed by atoms with Crippen LogP contribution in [0.25, 0.3) is 22.0 Å². The fourth-order valence-electron chi connectivity index (χ4n) is 3.69. The molecule has 2 N–H and O–H groups in total. The molecule has 6 nitrogen and oxygen atoms in total. The van der Waals surface area contributed by atoms with Crippen molar-refractivity contribution in [3.63, 3.8) is 0 Å². The molecule has 1 aromatic heterocycles. The quantitative estimate of drug-likeness (QED) is 0.437. The third-order valence-corrected chi connectivity index (χ3v) is 6.53.